The lowest BCUT2D eigenvalue weighted by atomic mass is 10.7. The van der Waals surface area contributed by atoms with E-state index in [0.29, 0.717) is 18.3 Å². The van der Waals surface area contributed by atoms with E-state index in [0.717, 1.165) is 0 Å². The second-order valence-corrected chi connectivity index (χ2v) is 1.98. The Morgan fingerprint density at radius 2 is 2.56 bits per heavy atom. The first-order valence-electron chi connectivity index (χ1n) is 2.51. The zero-order valence-corrected chi connectivity index (χ0v) is 6.04. The SMILES string of the molecule is CN=C(N)NCCSF. The first-order chi connectivity index (χ1) is 4.31. The van der Waals surface area contributed by atoms with Crippen LogP contribution in [0.4, 0.5) is 3.89 Å². The third-order valence-corrected chi connectivity index (χ3v) is 1.08. The van der Waals surface area contributed by atoms with Crippen LogP contribution in [0.15, 0.2) is 4.99 Å². The number of hydrogen-bond acceptors (Lipinski definition) is 2. The predicted molar refractivity (Wildman–Crippen MR) is 39.1 cm³/mol. The van der Waals surface area contributed by atoms with Crippen molar-refractivity contribution in [3.63, 3.8) is 0 Å². The lowest BCUT2D eigenvalue weighted by Crippen LogP contribution is -2.32. The van der Waals surface area contributed by atoms with Gasteiger partial charge in [-0.1, -0.05) is 0 Å². The molecular weight excluding hydrogens is 141 g/mol. The van der Waals surface area contributed by atoms with E-state index >= 15 is 0 Å². The van der Waals surface area contributed by atoms with Crippen LogP contribution in [-0.4, -0.2) is 25.3 Å². The zero-order valence-electron chi connectivity index (χ0n) is 5.22. The summed E-state index contributed by atoms with van der Waals surface area (Å²) in [5, 5.41) is 2.70. The number of nitrogens with zero attached hydrogens (tertiary/aromatic N) is 1. The van der Waals surface area contributed by atoms with Crippen LogP contribution in [0.25, 0.3) is 0 Å². The van der Waals surface area contributed by atoms with E-state index in [1.54, 1.807) is 7.05 Å². The zero-order chi connectivity index (χ0) is 7.11. The molecule has 0 bridgehead atoms. The monoisotopic (exact) mass is 151 g/mol. The number of rotatable bonds is 3. The van der Waals surface area contributed by atoms with E-state index in [4.69, 9.17) is 5.73 Å². The quantitative estimate of drug-likeness (QED) is 0.342. The van der Waals surface area contributed by atoms with Crippen molar-refractivity contribution in [3.8, 4) is 0 Å². The van der Waals surface area contributed by atoms with Crippen molar-refractivity contribution >= 4 is 18.1 Å². The number of nitrogens with two attached hydrogens (primary N) is 1. The van der Waals surface area contributed by atoms with Crippen LogP contribution in [0.2, 0.25) is 0 Å². The van der Waals surface area contributed by atoms with Crippen molar-refractivity contribution in [2.75, 3.05) is 19.3 Å². The third-order valence-electron chi connectivity index (χ3n) is 0.726. The minimum absolute atomic E-state index is 0.281. The van der Waals surface area contributed by atoms with E-state index in [1.807, 2.05) is 0 Å². The molecule has 3 N–H and O–H groups in total. The molecule has 5 heteroatoms. The van der Waals surface area contributed by atoms with Gasteiger partial charge in [-0.25, -0.2) is 0 Å². The number of hydrogen-bond donors (Lipinski definition) is 2. The maximum absolute atomic E-state index is 11.3. The average Bonchev–Trinajstić information content (AvgIpc) is 1.89. The van der Waals surface area contributed by atoms with Crippen LogP contribution in [0.1, 0.15) is 0 Å². The van der Waals surface area contributed by atoms with Gasteiger partial charge in [-0.05, 0) is 0 Å². The Labute approximate surface area is 58.2 Å². The standard InChI is InChI=1S/C4H10FN3S/c1-7-4(6)8-2-3-9-5/h2-3H2,1H3,(H3,6,7,8). The van der Waals surface area contributed by atoms with Crippen molar-refractivity contribution in [2.24, 2.45) is 10.7 Å². The maximum Gasteiger partial charge on any atom is 0.188 e. The van der Waals surface area contributed by atoms with Gasteiger partial charge in [0.25, 0.3) is 0 Å². The molecule has 0 amide bonds. The largest absolute Gasteiger partial charge is 0.370 e. The normalized spacial score (nSPS) is 11.6. The summed E-state index contributed by atoms with van der Waals surface area (Å²) in [5.74, 6) is 0.750. The summed E-state index contributed by atoms with van der Waals surface area (Å²) in [5.41, 5.74) is 5.22. The van der Waals surface area contributed by atoms with E-state index < -0.39 is 0 Å². The third kappa shape index (κ3) is 5.42. The Balaban J connectivity index is 3.07. The molecule has 0 aliphatic carbocycles. The molecule has 0 aromatic rings. The molecule has 0 aromatic heterocycles. The Bertz CT molecular complexity index is 95.8. The van der Waals surface area contributed by atoms with Gasteiger partial charge in [0.2, 0.25) is 0 Å². The van der Waals surface area contributed by atoms with Gasteiger partial charge in [0, 0.05) is 31.5 Å². The Kier molecular flexibility index (Phi) is 5.40. The highest BCUT2D eigenvalue weighted by Crippen LogP contribution is 1.95. The molecule has 0 radical (unpaired) electrons. The van der Waals surface area contributed by atoms with Crippen LogP contribution >= 0.6 is 12.1 Å². The minimum Gasteiger partial charge on any atom is -0.370 e. The number of aliphatic imine (C=N–C) groups is 1. The fourth-order valence-electron chi connectivity index (χ4n) is 0.297. The van der Waals surface area contributed by atoms with Crippen LogP contribution in [0.3, 0.4) is 0 Å². The molecule has 0 aromatic carbocycles. The van der Waals surface area contributed by atoms with Crippen LogP contribution in [0, 0.1) is 0 Å². The van der Waals surface area contributed by atoms with Crippen molar-refractivity contribution in [2.45, 2.75) is 0 Å². The molecule has 0 saturated heterocycles. The summed E-state index contributed by atoms with van der Waals surface area (Å²) in [6.45, 7) is 0.518. The second kappa shape index (κ2) is 5.68. The fraction of sp³-hybridized carbons (Fsp3) is 0.750. The van der Waals surface area contributed by atoms with E-state index in [-0.39, 0.29) is 12.1 Å². The molecule has 0 fully saturated rings. The summed E-state index contributed by atoms with van der Waals surface area (Å²) < 4.78 is 11.3. The first-order valence-corrected chi connectivity index (χ1v) is 3.39. The highest BCUT2D eigenvalue weighted by atomic mass is 32.2. The molecule has 0 aliphatic rings. The Hall–Kier alpha value is -0.450. The lowest BCUT2D eigenvalue weighted by Gasteiger charge is -1.99. The molecule has 3 nitrogen and oxygen atoms in total. The second-order valence-electron chi connectivity index (χ2n) is 1.35. The summed E-state index contributed by atoms with van der Waals surface area (Å²) in [6, 6.07) is 0. The van der Waals surface area contributed by atoms with Crippen LogP contribution in [0.5, 0.6) is 0 Å². The Morgan fingerprint density at radius 1 is 1.89 bits per heavy atom. The van der Waals surface area contributed by atoms with Crippen molar-refractivity contribution in [3.05, 3.63) is 0 Å². The van der Waals surface area contributed by atoms with Gasteiger partial charge in [-0.2, -0.15) is 3.89 Å². The van der Waals surface area contributed by atoms with E-state index in [9.17, 15) is 3.89 Å². The Morgan fingerprint density at radius 3 is 3.00 bits per heavy atom. The molecule has 0 spiro atoms. The predicted octanol–water partition coefficient (Wildman–Crippen LogP) is 0.138. The topological polar surface area (TPSA) is 50.4 Å². The minimum atomic E-state index is 0.281. The summed E-state index contributed by atoms with van der Waals surface area (Å²) in [6.07, 6.45) is 0. The van der Waals surface area contributed by atoms with Gasteiger partial charge >= 0.3 is 0 Å². The average molecular weight is 151 g/mol. The van der Waals surface area contributed by atoms with Crippen molar-refractivity contribution < 1.29 is 3.89 Å². The first kappa shape index (κ1) is 8.55. The lowest BCUT2D eigenvalue weighted by molar-refractivity contribution is 0.903. The molecule has 0 unspecified atom stereocenters. The van der Waals surface area contributed by atoms with Crippen LogP contribution in [-0.2, 0) is 0 Å². The molecule has 0 saturated carbocycles. The number of halogens is 1. The molecule has 0 heterocycles. The summed E-state index contributed by atoms with van der Waals surface area (Å²) in [4.78, 5) is 3.61. The van der Waals surface area contributed by atoms with Gasteiger partial charge in [0.05, 0.1) is 0 Å². The van der Waals surface area contributed by atoms with Gasteiger partial charge in [0.15, 0.2) is 5.96 Å². The van der Waals surface area contributed by atoms with Gasteiger partial charge < -0.3 is 11.1 Å². The van der Waals surface area contributed by atoms with Crippen LogP contribution < -0.4 is 11.1 Å². The molecule has 9 heavy (non-hydrogen) atoms. The highest BCUT2D eigenvalue weighted by molar-refractivity contribution is 7.94. The van der Waals surface area contributed by atoms with E-state index in [1.165, 1.54) is 0 Å². The van der Waals surface area contributed by atoms with E-state index in [2.05, 4.69) is 10.3 Å². The summed E-state index contributed by atoms with van der Waals surface area (Å²) >= 11 is 0.281. The fourth-order valence-corrected chi connectivity index (χ4v) is 0.476. The molecule has 54 valence electrons. The summed E-state index contributed by atoms with van der Waals surface area (Å²) in [7, 11) is 1.57. The maximum atomic E-state index is 11.3. The van der Waals surface area contributed by atoms with Gasteiger partial charge in [-0.3, -0.25) is 4.99 Å². The molecule has 0 rings (SSSR count). The number of nitrogens with one attached hydrogen (secondary N) is 1. The van der Waals surface area contributed by atoms with Crippen molar-refractivity contribution in [1.82, 2.24) is 5.32 Å². The molecular formula is C4H10FN3S. The van der Waals surface area contributed by atoms with Gasteiger partial charge in [0.1, 0.15) is 0 Å². The van der Waals surface area contributed by atoms with Gasteiger partial charge in [-0.15, -0.1) is 0 Å². The molecule has 0 atom stereocenters. The highest BCUT2D eigenvalue weighted by Gasteiger charge is 1.87. The smallest absolute Gasteiger partial charge is 0.188 e. The number of guanidine groups is 1. The van der Waals surface area contributed by atoms with Crippen molar-refractivity contribution in [1.29, 1.82) is 0 Å². The molecule has 0 aliphatic heterocycles.